The second-order valence-corrected chi connectivity index (χ2v) is 6.47. The summed E-state index contributed by atoms with van der Waals surface area (Å²) in [6.07, 6.45) is 5.87. The zero-order valence-electron chi connectivity index (χ0n) is 12.4. The number of ether oxygens (including phenoxy) is 1. The van der Waals surface area contributed by atoms with E-state index in [1.807, 2.05) is 12.1 Å². The van der Waals surface area contributed by atoms with Crippen LogP contribution in [0, 0.1) is 12.7 Å². The number of rotatable bonds is 3. The highest BCUT2D eigenvalue weighted by Crippen LogP contribution is 2.42. The molecule has 3 heteroatoms. The molecule has 110 valence electrons. The summed E-state index contributed by atoms with van der Waals surface area (Å²) in [7, 11) is 0. The Morgan fingerprint density at radius 3 is 2.85 bits per heavy atom. The third kappa shape index (κ3) is 2.75. The molecular weight excluding hydrogens is 253 g/mol. The Labute approximate surface area is 120 Å². The minimum Gasteiger partial charge on any atom is -0.375 e. The van der Waals surface area contributed by atoms with Crippen LogP contribution in [0.2, 0.25) is 0 Å². The van der Waals surface area contributed by atoms with E-state index in [0.717, 1.165) is 25.0 Å². The average molecular weight is 277 g/mol. The molecule has 1 saturated heterocycles. The molecular formula is C17H24FNO. The van der Waals surface area contributed by atoms with Crippen LogP contribution in [0.3, 0.4) is 0 Å². The first-order valence-electron chi connectivity index (χ1n) is 7.74. The smallest absolute Gasteiger partial charge is 0.126 e. The molecule has 0 aromatic heterocycles. The van der Waals surface area contributed by atoms with E-state index in [2.05, 4.69) is 12.2 Å². The number of nitrogens with one attached hydrogen (secondary N) is 1. The number of aryl methyl sites for hydroxylation is 1. The van der Waals surface area contributed by atoms with E-state index in [0.29, 0.717) is 11.6 Å². The van der Waals surface area contributed by atoms with Gasteiger partial charge in [-0.15, -0.1) is 0 Å². The predicted octanol–water partition coefficient (Wildman–Crippen LogP) is 3.89. The minimum absolute atomic E-state index is 0.112. The van der Waals surface area contributed by atoms with Crippen molar-refractivity contribution in [2.45, 2.75) is 63.6 Å². The molecule has 1 spiro atoms. The van der Waals surface area contributed by atoms with Gasteiger partial charge in [0.2, 0.25) is 0 Å². The molecule has 2 atom stereocenters. The van der Waals surface area contributed by atoms with Crippen molar-refractivity contribution in [1.29, 1.82) is 0 Å². The first-order valence-corrected chi connectivity index (χ1v) is 7.74. The van der Waals surface area contributed by atoms with Gasteiger partial charge in [-0.25, -0.2) is 4.39 Å². The Balaban J connectivity index is 1.63. The standard InChI is InChI=1S/C17H24FNO/c1-12-4-5-14(10-16(12)18)13(2)19-15-6-9-20-17(11-15)7-3-8-17/h4-5,10,13,15,19H,3,6-9,11H2,1-2H3. The third-order valence-corrected chi connectivity index (χ3v) is 4.94. The van der Waals surface area contributed by atoms with Crippen LogP contribution >= 0.6 is 0 Å². The highest BCUT2D eigenvalue weighted by atomic mass is 19.1. The molecule has 20 heavy (non-hydrogen) atoms. The molecule has 1 aromatic carbocycles. The zero-order valence-corrected chi connectivity index (χ0v) is 12.4. The Kier molecular flexibility index (Phi) is 3.83. The van der Waals surface area contributed by atoms with E-state index < -0.39 is 0 Å². The molecule has 1 aliphatic carbocycles. The summed E-state index contributed by atoms with van der Waals surface area (Å²) in [5, 5.41) is 3.66. The van der Waals surface area contributed by atoms with E-state index in [1.54, 1.807) is 13.0 Å². The SMILES string of the molecule is Cc1ccc(C(C)NC2CCOC3(CCC3)C2)cc1F. The van der Waals surface area contributed by atoms with E-state index in [4.69, 9.17) is 4.74 Å². The summed E-state index contributed by atoms with van der Waals surface area (Å²) in [5.41, 5.74) is 1.90. The van der Waals surface area contributed by atoms with Gasteiger partial charge < -0.3 is 10.1 Å². The minimum atomic E-state index is -0.112. The summed E-state index contributed by atoms with van der Waals surface area (Å²) in [4.78, 5) is 0. The molecule has 2 nitrogen and oxygen atoms in total. The fraction of sp³-hybridized carbons (Fsp3) is 0.647. The molecule has 1 aliphatic heterocycles. The van der Waals surface area contributed by atoms with Gasteiger partial charge in [0.05, 0.1) is 5.60 Å². The Hall–Kier alpha value is -0.930. The van der Waals surface area contributed by atoms with E-state index in [-0.39, 0.29) is 17.5 Å². The molecule has 1 saturated carbocycles. The quantitative estimate of drug-likeness (QED) is 0.905. The predicted molar refractivity (Wildman–Crippen MR) is 78.2 cm³/mol. The molecule has 0 amide bonds. The van der Waals surface area contributed by atoms with Crippen LogP contribution in [0.25, 0.3) is 0 Å². The van der Waals surface area contributed by atoms with Gasteiger partial charge >= 0.3 is 0 Å². The van der Waals surface area contributed by atoms with Gasteiger partial charge in [-0.3, -0.25) is 0 Å². The molecule has 2 fully saturated rings. The second-order valence-electron chi connectivity index (χ2n) is 6.47. The van der Waals surface area contributed by atoms with Crippen LogP contribution in [0.5, 0.6) is 0 Å². The summed E-state index contributed by atoms with van der Waals surface area (Å²) in [6, 6.07) is 6.22. The van der Waals surface area contributed by atoms with Crippen molar-refractivity contribution in [3.63, 3.8) is 0 Å². The van der Waals surface area contributed by atoms with Crippen LogP contribution in [0.15, 0.2) is 18.2 Å². The van der Waals surface area contributed by atoms with Crippen molar-refractivity contribution in [2.75, 3.05) is 6.61 Å². The first-order chi connectivity index (χ1) is 9.58. The third-order valence-electron chi connectivity index (χ3n) is 4.94. The molecule has 0 bridgehead atoms. The van der Waals surface area contributed by atoms with E-state index in [9.17, 15) is 4.39 Å². The summed E-state index contributed by atoms with van der Waals surface area (Å²) in [5.74, 6) is -0.112. The van der Waals surface area contributed by atoms with Crippen LogP contribution < -0.4 is 5.32 Å². The number of benzene rings is 1. The normalized spacial score (nSPS) is 26.2. The lowest BCUT2D eigenvalue weighted by molar-refractivity contribution is -0.136. The van der Waals surface area contributed by atoms with Crippen molar-refractivity contribution in [1.82, 2.24) is 5.32 Å². The van der Waals surface area contributed by atoms with Crippen LogP contribution in [0.4, 0.5) is 4.39 Å². The Morgan fingerprint density at radius 2 is 2.20 bits per heavy atom. The summed E-state index contributed by atoms with van der Waals surface area (Å²) in [6.45, 7) is 4.77. The average Bonchev–Trinajstić information content (AvgIpc) is 2.40. The van der Waals surface area contributed by atoms with Gasteiger partial charge in [0.1, 0.15) is 5.82 Å². The summed E-state index contributed by atoms with van der Waals surface area (Å²) >= 11 is 0. The van der Waals surface area contributed by atoms with Crippen LogP contribution in [0.1, 0.15) is 56.2 Å². The fourth-order valence-electron chi connectivity index (χ4n) is 3.42. The first kappa shape index (κ1) is 14.0. The number of hydrogen-bond acceptors (Lipinski definition) is 2. The van der Waals surface area contributed by atoms with Crippen molar-refractivity contribution < 1.29 is 9.13 Å². The maximum atomic E-state index is 13.7. The fourth-order valence-corrected chi connectivity index (χ4v) is 3.42. The highest BCUT2D eigenvalue weighted by Gasteiger charge is 2.42. The largest absolute Gasteiger partial charge is 0.375 e. The second kappa shape index (κ2) is 5.45. The molecule has 3 rings (SSSR count). The van der Waals surface area contributed by atoms with Crippen LogP contribution in [-0.4, -0.2) is 18.2 Å². The van der Waals surface area contributed by atoms with Crippen molar-refractivity contribution in [3.8, 4) is 0 Å². The molecule has 0 radical (unpaired) electrons. The van der Waals surface area contributed by atoms with Gasteiger partial charge in [-0.1, -0.05) is 12.1 Å². The van der Waals surface area contributed by atoms with Crippen molar-refractivity contribution in [3.05, 3.63) is 35.1 Å². The molecule has 1 aromatic rings. The molecule has 2 unspecified atom stereocenters. The van der Waals surface area contributed by atoms with Gasteiger partial charge in [-0.05, 0) is 63.1 Å². The summed E-state index contributed by atoms with van der Waals surface area (Å²) < 4.78 is 19.6. The lowest BCUT2D eigenvalue weighted by Gasteiger charge is -2.47. The molecule has 2 aliphatic rings. The van der Waals surface area contributed by atoms with Gasteiger partial charge in [-0.2, -0.15) is 0 Å². The lowest BCUT2D eigenvalue weighted by atomic mass is 9.74. The topological polar surface area (TPSA) is 21.3 Å². The van der Waals surface area contributed by atoms with E-state index in [1.165, 1.54) is 19.3 Å². The van der Waals surface area contributed by atoms with Crippen LogP contribution in [-0.2, 0) is 4.74 Å². The Morgan fingerprint density at radius 1 is 1.40 bits per heavy atom. The maximum Gasteiger partial charge on any atom is 0.126 e. The van der Waals surface area contributed by atoms with Crippen molar-refractivity contribution in [2.24, 2.45) is 0 Å². The van der Waals surface area contributed by atoms with Gasteiger partial charge in [0.25, 0.3) is 0 Å². The highest BCUT2D eigenvalue weighted by molar-refractivity contribution is 5.25. The van der Waals surface area contributed by atoms with Gasteiger partial charge in [0.15, 0.2) is 0 Å². The number of hydrogen-bond donors (Lipinski definition) is 1. The van der Waals surface area contributed by atoms with E-state index >= 15 is 0 Å². The zero-order chi connectivity index (χ0) is 14.2. The van der Waals surface area contributed by atoms with Crippen molar-refractivity contribution >= 4 is 0 Å². The maximum absolute atomic E-state index is 13.7. The number of halogens is 1. The molecule has 1 N–H and O–H groups in total. The van der Waals surface area contributed by atoms with Gasteiger partial charge in [0, 0.05) is 18.7 Å². The molecule has 1 heterocycles. The lowest BCUT2D eigenvalue weighted by Crippen LogP contribution is -2.51. The Bertz CT molecular complexity index is 484. The monoisotopic (exact) mass is 277 g/mol.